The highest BCUT2D eigenvalue weighted by atomic mass is 16.6. The number of carbonyl (C=O) groups excluding carboxylic acids is 1. The first-order valence-corrected chi connectivity index (χ1v) is 6.18. The van der Waals surface area contributed by atoms with Crippen molar-refractivity contribution in [2.24, 2.45) is 22.4 Å². The van der Waals surface area contributed by atoms with Crippen LogP contribution in [0.3, 0.4) is 0 Å². The third-order valence-corrected chi connectivity index (χ3v) is 3.28. The first-order chi connectivity index (χ1) is 8.09. The predicted molar refractivity (Wildman–Crippen MR) is 70.6 cm³/mol. The summed E-state index contributed by atoms with van der Waals surface area (Å²) in [6.45, 7) is 11.6. The van der Waals surface area contributed by atoms with Gasteiger partial charge in [0.25, 0.3) is 0 Å². The molecule has 4 nitrogen and oxygen atoms in total. The van der Waals surface area contributed by atoms with E-state index >= 15 is 0 Å². The van der Waals surface area contributed by atoms with Crippen LogP contribution in [-0.4, -0.2) is 23.0 Å². The highest BCUT2D eigenvalue weighted by Gasteiger charge is 2.61. The molecule has 1 aliphatic carbocycles. The van der Waals surface area contributed by atoms with Crippen LogP contribution in [0.1, 0.15) is 41.5 Å². The maximum atomic E-state index is 12.1. The fourth-order valence-corrected chi connectivity index (χ4v) is 2.22. The average Bonchev–Trinajstić information content (AvgIpc) is 2.65. The Bertz CT molecular complexity index is 388. The Morgan fingerprint density at radius 3 is 2.39 bits per heavy atom. The van der Waals surface area contributed by atoms with Crippen LogP contribution in [0.5, 0.6) is 0 Å². The molecule has 102 valence electrons. The minimum Gasteiger partial charge on any atom is -0.460 e. The molecule has 1 rings (SSSR count). The van der Waals surface area contributed by atoms with E-state index in [4.69, 9.17) is 9.94 Å². The molecule has 1 N–H and O–H groups in total. The minimum atomic E-state index is -0.453. The summed E-state index contributed by atoms with van der Waals surface area (Å²) in [6.07, 6.45) is 3.34. The molecule has 0 amide bonds. The van der Waals surface area contributed by atoms with Crippen molar-refractivity contribution in [2.75, 3.05) is 0 Å². The number of rotatable bonds is 3. The highest BCUT2D eigenvalue weighted by Crippen LogP contribution is 2.60. The molecule has 0 bridgehead atoms. The van der Waals surface area contributed by atoms with Crippen LogP contribution in [0.25, 0.3) is 0 Å². The molecule has 0 spiro atoms. The molecule has 1 fully saturated rings. The fourth-order valence-electron chi connectivity index (χ4n) is 2.22. The monoisotopic (exact) mass is 253 g/mol. The Morgan fingerprint density at radius 1 is 1.39 bits per heavy atom. The number of hydrogen-bond donors (Lipinski definition) is 1. The zero-order valence-corrected chi connectivity index (χ0v) is 12.0. The molecule has 0 aliphatic heterocycles. The van der Waals surface area contributed by atoms with Gasteiger partial charge in [-0.1, -0.05) is 25.1 Å². The largest absolute Gasteiger partial charge is 0.460 e. The van der Waals surface area contributed by atoms with E-state index in [0.29, 0.717) is 0 Å². The van der Waals surface area contributed by atoms with Gasteiger partial charge >= 0.3 is 5.97 Å². The lowest BCUT2D eigenvalue weighted by Gasteiger charge is -2.19. The molecular weight excluding hydrogens is 230 g/mol. The summed E-state index contributed by atoms with van der Waals surface area (Å²) < 4.78 is 5.42. The van der Waals surface area contributed by atoms with Gasteiger partial charge in [-0.2, -0.15) is 0 Å². The van der Waals surface area contributed by atoms with Gasteiger partial charge in [0.2, 0.25) is 0 Å². The third-order valence-electron chi connectivity index (χ3n) is 3.28. The maximum absolute atomic E-state index is 12.1. The van der Waals surface area contributed by atoms with Gasteiger partial charge in [0.05, 0.1) is 12.1 Å². The molecule has 0 aromatic rings. The quantitative estimate of drug-likeness (QED) is 0.364. The summed E-state index contributed by atoms with van der Waals surface area (Å²) in [5.74, 6) is -0.119. The van der Waals surface area contributed by atoms with Gasteiger partial charge in [-0.3, -0.25) is 4.79 Å². The van der Waals surface area contributed by atoms with Crippen LogP contribution >= 0.6 is 0 Å². The van der Waals surface area contributed by atoms with E-state index in [1.54, 1.807) is 0 Å². The van der Waals surface area contributed by atoms with E-state index in [9.17, 15) is 4.79 Å². The van der Waals surface area contributed by atoms with Crippen molar-refractivity contribution in [2.45, 2.75) is 47.1 Å². The van der Waals surface area contributed by atoms with Gasteiger partial charge < -0.3 is 9.94 Å². The summed E-state index contributed by atoms with van der Waals surface area (Å²) in [6, 6.07) is 0. The van der Waals surface area contributed by atoms with E-state index in [-0.39, 0.29) is 23.2 Å². The van der Waals surface area contributed by atoms with Crippen LogP contribution in [0, 0.1) is 17.3 Å². The van der Waals surface area contributed by atoms with Crippen molar-refractivity contribution < 1.29 is 14.7 Å². The van der Waals surface area contributed by atoms with Crippen LogP contribution in [0.15, 0.2) is 16.8 Å². The molecule has 2 atom stereocenters. The summed E-state index contributed by atoms with van der Waals surface area (Å²) in [5.41, 5.74) is 0.306. The van der Waals surface area contributed by atoms with Gasteiger partial charge in [0, 0.05) is 0 Å². The van der Waals surface area contributed by atoms with Crippen LogP contribution in [0.2, 0.25) is 0 Å². The zero-order chi connectivity index (χ0) is 14.1. The van der Waals surface area contributed by atoms with Crippen molar-refractivity contribution in [1.29, 1.82) is 0 Å². The SMILES string of the molecule is C/C(C=NO)=C\[C@@H]1[C@@H](C(=O)OC(C)(C)C)C1(C)C. The van der Waals surface area contributed by atoms with E-state index < -0.39 is 5.60 Å². The fraction of sp³-hybridized carbons (Fsp3) is 0.714. The molecule has 0 saturated heterocycles. The Labute approximate surface area is 109 Å². The molecular formula is C14H23NO3. The number of oxime groups is 1. The second-order valence-electron chi connectivity index (χ2n) is 6.51. The van der Waals surface area contributed by atoms with Crippen molar-refractivity contribution in [1.82, 2.24) is 0 Å². The zero-order valence-electron chi connectivity index (χ0n) is 12.0. The summed E-state index contributed by atoms with van der Waals surface area (Å²) in [7, 11) is 0. The van der Waals surface area contributed by atoms with Gasteiger partial charge in [0.15, 0.2) is 0 Å². The molecule has 0 unspecified atom stereocenters. The molecule has 0 heterocycles. The molecule has 1 aliphatic rings. The first kappa shape index (κ1) is 14.7. The van der Waals surface area contributed by atoms with E-state index in [0.717, 1.165) is 5.57 Å². The van der Waals surface area contributed by atoms with E-state index in [1.807, 2.05) is 47.6 Å². The molecule has 4 heteroatoms. The normalized spacial score (nSPS) is 27.3. The summed E-state index contributed by atoms with van der Waals surface area (Å²) in [5, 5.41) is 11.4. The van der Waals surface area contributed by atoms with Crippen molar-refractivity contribution in [3.05, 3.63) is 11.6 Å². The molecule has 0 aromatic heterocycles. The summed E-state index contributed by atoms with van der Waals surface area (Å²) >= 11 is 0. The van der Waals surface area contributed by atoms with E-state index in [2.05, 4.69) is 5.16 Å². The smallest absolute Gasteiger partial charge is 0.310 e. The van der Waals surface area contributed by atoms with Gasteiger partial charge in [0.1, 0.15) is 5.60 Å². The molecule has 0 aromatic carbocycles. The Morgan fingerprint density at radius 2 is 1.94 bits per heavy atom. The van der Waals surface area contributed by atoms with Gasteiger partial charge in [-0.15, -0.1) is 0 Å². The lowest BCUT2D eigenvalue weighted by Crippen LogP contribution is -2.26. The highest BCUT2D eigenvalue weighted by molar-refractivity contribution is 5.81. The lowest BCUT2D eigenvalue weighted by atomic mass is 10.1. The molecule has 0 radical (unpaired) electrons. The third kappa shape index (κ3) is 3.34. The average molecular weight is 253 g/mol. The number of esters is 1. The van der Waals surface area contributed by atoms with Crippen LogP contribution in [0.4, 0.5) is 0 Å². The number of hydrogen-bond acceptors (Lipinski definition) is 4. The van der Waals surface area contributed by atoms with E-state index in [1.165, 1.54) is 6.21 Å². The van der Waals surface area contributed by atoms with Gasteiger partial charge in [-0.25, -0.2) is 0 Å². The number of nitrogens with zero attached hydrogens (tertiary/aromatic N) is 1. The van der Waals surface area contributed by atoms with Crippen molar-refractivity contribution in [3.8, 4) is 0 Å². The van der Waals surface area contributed by atoms with Crippen molar-refractivity contribution in [3.63, 3.8) is 0 Å². The first-order valence-electron chi connectivity index (χ1n) is 6.18. The summed E-state index contributed by atoms with van der Waals surface area (Å²) in [4.78, 5) is 12.1. The van der Waals surface area contributed by atoms with Crippen LogP contribution < -0.4 is 0 Å². The number of allylic oxidation sites excluding steroid dienone is 2. The topological polar surface area (TPSA) is 58.9 Å². The minimum absolute atomic E-state index is 0.0904. The second kappa shape index (κ2) is 4.75. The maximum Gasteiger partial charge on any atom is 0.310 e. The Balaban J connectivity index is 2.75. The number of ether oxygens (including phenoxy) is 1. The lowest BCUT2D eigenvalue weighted by molar-refractivity contribution is -0.157. The second-order valence-corrected chi connectivity index (χ2v) is 6.51. The Kier molecular flexibility index (Phi) is 3.89. The van der Waals surface area contributed by atoms with Crippen molar-refractivity contribution >= 4 is 12.2 Å². The standard InChI is InChI=1S/C14H23NO3/c1-9(8-15-17)7-10-11(14(10,5)6)12(16)18-13(2,3)4/h7-8,10-11,17H,1-6H3/b9-7+,15-8?/t10-,11+/m1/s1. The predicted octanol–water partition coefficient (Wildman–Crippen LogP) is 3.01. The van der Waals surface area contributed by atoms with Gasteiger partial charge in [-0.05, 0) is 44.6 Å². The molecule has 18 heavy (non-hydrogen) atoms. The number of carbonyl (C=O) groups is 1. The van der Waals surface area contributed by atoms with Crippen LogP contribution in [-0.2, 0) is 9.53 Å². The molecule has 1 saturated carbocycles. The Hall–Kier alpha value is -1.32.